The highest BCUT2D eigenvalue weighted by atomic mass is 35.5. The zero-order valence-corrected chi connectivity index (χ0v) is 20.5. The quantitative estimate of drug-likeness (QED) is 0.290. The smallest absolute Gasteiger partial charge is 0.266 e. The van der Waals surface area contributed by atoms with Crippen molar-refractivity contribution in [2.45, 2.75) is 35.9 Å². The summed E-state index contributed by atoms with van der Waals surface area (Å²) in [5, 5.41) is 18.5. The van der Waals surface area contributed by atoms with Crippen molar-refractivity contribution >= 4 is 43.8 Å². The molecule has 0 aliphatic carbocycles. The number of nitrogens with one attached hydrogen (secondary N) is 3. The SMILES string of the molecule is NCc1ccc(C[C@@]2(CNc3cc(F)c(S(=O)(=O)Nc4nccs4)cc3Cl)C[C@H](O)CN2)cc1. The molecule has 1 fully saturated rings. The Bertz CT molecular complexity index is 1240. The number of benzene rings is 2. The Morgan fingerprint density at radius 2 is 2.03 bits per heavy atom. The predicted octanol–water partition coefficient (Wildman–Crippen LogP) is 2.94. The number of hydrogen-bond acceptors (Lipinski definition) is 8. The van der Waals surface area contributed by atoms with E-state index in [-0.39, 0.29) is 15.8 Å². The lowest BCUT2D eigenvalue weighted by Gasteiger charge is -2.31. The number of hydrogen-bond donors (Lipinski definition) is 5. The molecule has 1 aliphatic rings. The number of β-amino-alcohol motifs (C(OH)–C–C–N with tert-alkyl or cyclic N) is 1. The second-order valence-electron chi connectivity index (χ2n) is 8.28. The van der Waals surface area contributed by atoms with Crippen LogP contribution in [0.3, 0.4) is 0 Å². The Balaban J connectivity index is 1.52. The second kappa shape index (κ2) is 10.1. The Morgan fingerprint density at radius 3 is 2.65 bits per heavy atom. The number of aromatic nitrogens is 1. The van der Waals surface area contributed by atoms with Crippen molar-refractivity contribution in [2.75, 3.05) is 23.1 Å². The molecule has 1 aromatic heterocycles. The van der Waals surface area contributed by atoms with Gasteiger partial charge in [0, 0.05) is 36.8 Å². The molecule has 0 spiro atoms. The Kier molecular flexibility index (Phi) is 7.41. The van der Waals surface area contributed by atoms with Gasteiger partial charge in [-0.05, 0) is 36.1 Å². The van der Waals surface area contributed by atoms with E-state index in [0.29, 0.717) is 32.5 Å². The number of nitrogens with two attached hydrogens (primary N) is 1. The lowest BCUT2D eigenvalue weighted by molar-refractivity contribution is 0.185. The van der Waals surface area contributed by atoms with Gasteiger partial charge in [0.1, 0.15) is 10.7 Å². The van der Waals surface area contributed by atoms with Crippen molar-refractivity contribution in [1.82, 2.24) is 10.3 Å². The predicted molar refractivity (Wildman–Crippen MR) is 132 cm³/mol. The van der Waals surface area contributed by atoms with Crippen molar-refractivity contribution in [1.29, 1.82) is 0 Å². The highest BCUT2D eigenvalue weighted by molar-refractivity contribution is 7.93. The van der Waals surface area contributed by atoms with Gasteiger partial charge in [-0.1, -0.05) is 35.9 Å². The molecule has 34 heavy (non-hydrogen) atoms. The van der Waals surface area contributed by atoms with E-state index in [9.17, 15) is 17.9 Å². The Labute approximate surface area is 206 Å². The zero-order chi connectivity index (χ0) is 24.3. The first-order valence-electron chi connectivity index (χ1n) is 10.6. The number of anilines is 2. The van der Waals surface area contributed by atoms with Crippen LogP contribution in [0.15, 0.2) is 52.9 Å². The van der Waals surface area contributed by atoms with Crippen LogP contribution in [0, 0.1) is 5.82 Å². The van der Waals surface area contributed by atoms with Crippen LogP contribution in [0.1, 0.15) is 17.5 Å². The monoisotopic (exact) mass is 525 g/mol. The number of aliphatic hydroxyl groups is 1. The minimum Gasteiger partial charge on any atom is -0.392 e. The van der Waals surface area contributed by atoms with Gasteiger partial charge < -0.3 is 21.5 Å². The number of rotatable bonds is 9. The van der Waals surface area contributed by atoms with Crippen molar-refractivity contribution in [3.8, 4) is 0 Å². The third-order valence-electron chi connectivity index (χ3n) is 5.72. The van der Waals surface area contributed by atoms with Gasteiger partial charge >= 0.3 is 0 Å². The third kappa shape index (κ3) is 5.68. The fourth-order valence-corrected chi connectivity index (χ4v) is 6.19. The highest BCUT2D eigenvalue weighted by Gasteiger charge is 2.38. The molecular weight excluding hydrogens is 501 g/mol. The first-order chi connectivity index (χ1) is 16.2. The number of sulfonamides is 1. The van der Waals surface area contributed by atoms with Crippen LogP contribution in [0.5, 0.6) is 0 Å². The van der Waals surface area contributed by atoms with E-state index < -0.39 is 32.4 Å². The summed E-state index contributed by atoms with van der Waals surface area (Å²) in [6.07, 6.45) is 2.03. The topological polar surface area (TPSA) is 129 Å². The van der Waals surface area contributed by atoms with E-state index in [2.05, 4.69) is 20.3 Å². The summed E-state index contributed by atoms with van der Waals surface area (Å²) in [4.78, 5) is 3.29. The lowest BCUT2D eigenvalue weighted by Crippen LogP contribution is -2.48. The minimum absolute atomic E-state index is 0.0573. The molecule has 0 radical (unpaired) electrons. The molecule has 0 bridgehead atoms. The fraction of sp³-hybridized carbons (Fsp3) is 0.318. The first kappa shape index (κ1) is 24.8. The molecule has 1 saturated heterocycles. The summed E-state index contributed by atoms with van der Waals surface area (Å²) >= 11 is 7.41. The fourth-order valence-electron chi connectivity index (χ4n) is 4.02. The molecule has 2 aromatic carbocycles. The van der Waals surface area contributed by atoms with Crippen molar-refractivity contribution < 1.29 is 17.9 Å². The van der Waals surface area contributed by atoms with Gasteiger partial charge in [0.25, 0.3) is 10.0 Å². The molecule has 6 N–H and O–H groups in total. The van der Waals surface area contributed by atoms with Gasteiger partial charge in [-0.2, -0.15) is 0 Å². The summed E-state index contributed by atoms with van der Waals surface area (Å²) in [5.74, 6) is -0.943. The number of thiazole rings is 1. The van der Waals surface area contributed by atoms with Gasteiger partial charge in [0.2, 0.25) is 0 Å². The van der Waals surface area contributed by atoms with Gasteiger partial charge in [-0.25, -0.2) is 17.8 Å². The molecule has 0 unspecified atom stereocenters. The lowest BCUT2D eigenvalue weighted by atomic mass is 9.88. The van der Waals surface area contributed by atoms with E-state index in [1.54, 1.807) is 5.38 Å². The van der Waals surface area contributed by atoms with Crippen LogP contribution in [0.25, 0.3) is 0 Å². The number of halogens is 2. The highest BCUT2D eigenvalue weighted by Crippen LogP contribution is 2.31. The standard InChI is InChI=1S/C22H25ClFN5O3S2/c23-17-7-20(34(31,32)29-21-26-5-6-33-21)18(24)8-19(17)27-13-22(10-16(30)12-28-22)9-14-1-3-15(11-25)4-2-14/h1-8,16,27-28,30H,9-13,25H2,(H,26,29)/t16-,22-/m0/s1. The maximum Gasteiger partial charge on any atom is 0.266 e. The minimum atomic E-state index is -4.19. The largest absolute Gasteiger partial charge is 0.392 e. The number of aliphatic hydroxyl groups excluding tert-OH is 1. The van der Waals surface area contributed by atoms with Crippen LogP contribution in [0.2, 0.25) is 5.02 Å². The van der Waals surface area contributed by atoms with E-state index >= 15 is 0 Å². The number of nitrogens with zero attached hydrogens (tertiary/aromatic N) is 1. The third-order valence-corrected chi connectivity index (χ3v) is 8.21. The summed E-state index contributed by atoms with van der Waals surface area (Å²) in [5.41, 5.74) is 7.52. The first-order valence-corrected chi connectivity index (χ1v) is 13.3. The van der Waals surface area contributed by atoms with Crippen LogP contribution >= 0.6 is 22.9 Å². The maximum absolute atomic E-state index is 14.8. The molecule has 2 heterocycles. The molecular formula is C22H25ClFN5O3S2. The van der Waals surface area contributed by atoms with E-state index in [1.807, 2.05) is 24.3 Å². The molecule has 182 valence electrons. The molecule has 0 amide bonds. The van der Waals surface area contributed by atoms with Crippen molar-refractivity contribution in [2.24, 2.45) is 5.73 Å². The summed E-state index contributed by atoms with van der Waals surface area (Å²) < 4.78 is 42.2. The zero-order valence-electron chi connectivity index (χ0n) is 18.1. The normalized spacial score (nSPS) is 20.4. The maximum atomic E-state index is 14.8. The summed E-state index contributed by atoms with van der Waals surface area (Å²) in [6, 6.07) is 10.1. The van der Waals surface area contributed by atoms with E-state index in [1.165, 1.54) is 6.20 Å². The molecule has 8 nitrogen and oxygen atoms in total. The summed E-state index contributed by atoms with van der Waals surface area (Å²) in [6.45, 7) is 1.23. The molecule has 2 atom stereocenters. The van der Waals surface area contributed by atoms with Crippen LogP contribution in [0.4, 0.5) is 15.2 Å². The molecule has 4 rings (SSSR count). The molecule has 12 heteroatoms. The average molecular weight is 526 g/mol. The average Bonchev–Trinajstić information content (AvgIpc) is 3.44. The van der Waals surface area contributed by atoms with Crippen LogP contribution in [-0.2, 0) is 23.0 Å². The molecule has 3 aromatic rings. The second-order valence-corrected chi connectivity index (χ2v) is 11.2. The summed E-state index contributed by atoms with van der Waals surface area (Å²) in [7, 11) is -4.19. The van der Waals surface area contributed by atoms with Crippen molar-refractivity contribution in [3.05, 3.63) is 69.9 Å². The van der Waals surface area contributed by atoms with Gasteiger partial charge in [0.05, 0.1) is 16.8 Å². The van der Waals surface area contributed by atoms with Gasteiger partial charge in [-0.3, -0.25) is 4.72 Å². The molecule has 0 saturated carbocycles. The van der Waals surface area contributed by atoms with E-state index in [4.69, 9.17) is 17.3 Å². The van der Waals surface area contributed by atoms with Crippen LogP contribution < -0.4 is 21.1 Å². The Hall–Kier alpha value is -2.28. The van der Waals surface area contributed by atoms with Gasteiger partial charge in [0.15, 0.2) is 5.13 Å². The van der Waals surface area contributed by atoms with Gasteiger partial charge in [-0.15, -0.1) is 11.3 Å². The molecule has 1 aliphatic heterocycles. The Morgan fingerprint density at radius 1 is 1.29 bits per heavy atom. The van der Waals surface area contributed by atoms with Crippen LogP contribution in [-0.4, -0.2) is 43.2 Å². The van der Waals surface area contributed by atoms with E-state index in [0.717, 1.165) is 34.6 Å². The van der Waals surface area contributed by atoms with Crippen molar-refractivity contribution in [3.63, 3.8) is 0 Å².